The number of rotatable bonds is 2. The number of carboxylic acid groups (broad SMARTS) is 1. The molecule has 0 bridgehead atoms. The van der Waals surface area contributed by atoms with Crippen LogP contribution in [0.25, 0.3) is 0 Å². The standard InChI is InChI=1S/C11H10O4/c12-10(13)6-8-5-7-3-1-2-4-9(7)15-11(8)14/h1-4,8H,5-6H2,(H,12,13). The molecule has 15 heavy (non-hydrogen) atoms. The van der Waals surface area contributed by atoms with E-state index in [0.717, 1.165) is 5.56 Å². The number of para-hydroxylation sites is 1. The van der Waals surface area contributed by atoms with Crippen LogP contribution in [0.1, 0.15) is 12.0 Å². The second-order valence-corrected chi connectivity index (χ2v) is 3.53. The van der Waals surface area contributed by atoms with Crippen molar-refractivity contribution in [2.24, 2.45) is 5.92 Å². The van der Waals surface area contributed by atoms with Crippen LogP contribution in [0.3, 0.4) is 0 Å². The van der Waals surface area contributed by atoms with E-state index in [1.54, 1.807) is 12.1 Å². The molecule has 1 unspecified atom stereocenters. The van der Waals surface area contributed by atoms with Crippen LogP contribution in [0.5, 0.6) is 5.75 Å². The number of hydrogen-bond donors (Lipinski definition) is 1. The number of esters is 1. The van der Waals surface area contributed by atoms with Crippen LogP contribution >= 0.6 is 0 Å². The third kappa shape index (κ3) is 1.98. The first kappa shape index (κ1) is 9.71. The quantitative estimate of drug-likeness (QED) is 0.584. The molecule has 2 rings (SSSR count). The summed E-state index contributed by atoms with van der Waals surface area (Å²) in [7, 11) is 0. The lowest BCUT2D eigenvalue weighted by Gasteiger charge is -2.21. The highest BCUT2D eigenvalue weighted by atomic mass is 16.5. The van der Waals surface area contributed by atoms with Gasteiger partial charge in [0.05, 0.1) is 12.3 Å². The molecule has 1 atom stereocenters. The molecule has 1 heterocycles. The molecule has 0 radical (unpaired) electrons. The van der Waals surface area contributed by atoms with Gasteiger partial charge in [0.2, 0.25) is 0 Å². The van der Waals surface area contributed by atoms with E-state index in [1.165, 1.54) is 0 Å². The molecule has 78 valence electrons. The van der Waals surface area contributed by atoms with Crippen molar-refractivity contribution in [2.75, 3.05) is 0 Å². The van der Waals surface area contributed by atoms with Gasteiger partial charge in [0.1, 0.15) is 5.75 Å². The number of carbonyl (C=O) groups excluding carboxylic acids is 1. The van der Waals surface area contributed by atoms with Crippen LogP contribution in [0.15, 0.2) is 24.3 Å². The summed E-state index contributed by atoms with van der Waals surface area (Å²) >= 11 is 0. The van der Waals surface area contributed by atoms with Gasteiger partial charge in [0.25, 0.3) is 0 Å². The minimum absolute atomic E-state index is 0.173. The molecule has 1 N–H and O–H groups in total. The second kappa shape index (κ2) is 3.73. The molecule has 1 aliphatic rings. The van der Waals surface area contributed by atoms with Gasteiger partial charge in [-0.3, -0.25) is 9.59 Å². The predicted octanol–water partition coefficient (Wildman–Crippen LogP) is 1.24. The van der Waals surface area contributed by atoms with E-state index >= 15 is 0 Å². The monoisotopic (exact) mass is 206 g/mol. The maximum Gasteiger partial charge on any atom is 0.315 e. The highest BCUT2D eigenvalue weighted by molar-refractivity contribution is 5.82. The van der Waals surface area contributed by atoms with Gasteiger partial charge in [-0.2, -0.15) is 0 Å². The van der Waals surface area contributed by atoms with Gasteiger partial charge in [-0.05, 0) is 18.1 Å². The Morgan fingerprint density at radius 1 is 1.47 bits per heavy atom. The Morgan fingerprint density at radius 2 is 2.20 bits per heavy atom. The van der Waals surface area contributed by atoms with E-state index in [4.69, 9.17) is 9.84 Å². The van der Waals surface area contributed by atoms with Crippen molar-refractivity contribution in [3.63, 3.8) is 0 Å². The van der Waals surface area contributed by atoms with E-state index in [1.807, 2.05) is 12.1 Å². The molecule has 0 saturated carbocycles. The first-order valence-electron chi connectivity index (χ1n) is 4.68. The lowest BCUT2D eigenvalue weighted by molar-refractivity contribution is -0.147. The number of aliphatic carboxylic acids is 1. The Balaban J connectivity index is 2.22. The molecule has 0 amide bonds. The van der Waals surface area contributed by atoms with Gasteiger partial charge in [-0.1, -0.05) is 18.2 Å². The molecule has 4 heteroatoms. The molecule has 1 aromatic carbocycles. The average Bonchev–Trinajstić information content (AvgIpc) is 2.18. The maximum absolute atomic E-state index is 11.4. The number of benzene rings is 1. The summed E-state index contributed by atoms with van der Waals surface area (Å²) < 4.78 is 5.04. The Kier molecular flexibility index (Phi) is 2.41. The summed E-state index contributed by atoms with van der Waals surface area (Å²) in [4.78, 5) is 21.9. The fourth-order valence-corrected chi connectivity index (χ4v) is 1.68. The fourth-order valence-electron chi connectivity index (χ4n) is 1.68. The zero-order valence-corrected chi connectivity index (χ0v) is 7.97. The van der Waals surface area contributed by atoms with Crippen molar-refractivity contribution in [2.45, 2.75) is 12.8 Å². The minimum atomic E-state index is -0.976. The zero-order valence-electron chi connectivity index (χ0n) is 7.97. The summed E-state index contributed by atoms with van der Waals surface area (Å²) in [6.45, 7) is 0. The topological polar surface area (TPSA) is 63.6 Å². The highest BCUT2D eigenvalue weighted by Crippen LogP contribution is 2.28. The van der Waals surface area contributed by atoms with Gasteiger partial charge < -0.3 is 9.84 Å². The molecule has 1 aliphatic heterocycles. The molecular formula is C11H10O4. The van der Waals surface area contributed by atoms with E-state index < -0.39 is 17.9 Å². The molecule has 4 nitrogen and oxygen atoms in total. The molecule has 0 fully saturated rings. The van der Waals surface area contributed by atoms with E-state index in [-0.39, 0.29) is 6.42 Å². The largest absolute Gasteiger partial charge is 0.481 e. The van der Waals surface area contributed by atoms with Gasteiger partial charge >= 0.3 is 11.9 Å². The normalized spacial score (nSPS) is 19.2. The lowest BCUT2D eigenvalue weighted by Crippen LogP contribution is -2.29. The zero-order chi connectivity index (χ0) is 10.8. The van der Waals surface area contributed by atoms with E-state index in [2.05, 4.69) is 0 Å². The fraction of sp³-hybridized carbons (Fsp3) is 0.273. The third-order valence-electron chi connectivity index (χ3n) is 2.40. The van der Waals surface area contributed by atoms with Crippen LogP contribution in [-0.4, -0.2) is 17.0 Å². The molecular weight excluding hydrogens is 196 g/mol. The number of ether oxygens (including phenoxy) is 1. The van der Waals surface area contributed by atoms with Gasteiger partial charge in [0.15, 0.2) is 0 Å². The van der Waals surface area contributed by atoms with Crippen LogP contribution < -0.4 is 4.74 Å². The average molecular weight is 206 g/mol. The number of carboxylic acids is 1. The van der Waals surface area contributed by atoms with Crippen LogP contribution in [-0.2, 0) is 16.0 Å². The summed E-state index contributed by atoms with van der Waals surface area (Å²) in [5.74, 6) is -1.44. The Labute approximate surface area is 86.5 Å². The van der Waals surface area contributed by atoms with E-state index in [0.29, 0.717) is 12.2 Å². The molecule has 0 spiro atoms. The molecule has 0 aromatic heterocycles. The first-order valence-corrected chi connectivity index (χ1v) is 4.68. The first-order chi connectivity index (χ1) is 7.16. The Hall–Kier alpha value is -1.84. The molecule has 1 aromatic rings. The minimum Gasteiger partial charge on any atom is -0.481 e. The summed E-state index contributed by atoms with van der Waals surface area (Å²) in [5.41, 5.74) is 0.892. The SMILES string of the molecule is O=C(O)CC1Cc2ccccc2OC1=O. The number of hydrogen-bond acceptors (Lipinski definition) is 3. The van der Waals surface area contributed by atoms with Gasteiger partial charge in [0, 0.05) is 0 Å². The number of carbonyl (C=O) groups is 2. The Morgan fingerprint density at radius 3 is 2.93 bits per heavy atom. The summed E-state index contributed by atoms with van der Waals surface area (Å²) in [6.07, 6.45) is 0.272. The van der Waals surface area contributed by atoms with Crippen molar-refractivity contribution in [1.29, 1.82) is 0 Å². The summed E-state index contributed by atoms with van der Waals surface area (Å²) in [5, 5.41) is 8.62. The maximum atomic E-state index is 11.4. The van der Waals surface area contributed by atoms with Gasteiger partial charge in [-0.25, -0.2) is 0 Å². The highest BCUT2D eigenvalue weighted by Gasteiger charge is 2.29. The van der Waals surface area contributed by atoms with Crippen molar-refractivity contribution >= 4 is 11.9 Å². The van der Waals surface area contributed by atoms with E-state index in [9.17, 15) is 9.59 Å². The predicted molar refractivity (Wildman–Crippen MR) is 51.5 cm³/mol. The van der Waals surface area contributed by atoms with Crippen molar-refractivity contribution in [3.05, 3.63) is 29.8 Å². The van der Waals surface area contributed by atoms with Crippen LogP contribution in [0, 0.1) is 5.92 Å². The van der Waals surface area contributed by atoms with Crippen LogP contribution in [0.4, 0.5) is 0 Å². The smallest absolute Gasteiger partial charge is 0.315 e. The van der Waals surface area contributed by atoms with Crippen molar-refractivity contribution in [1.82, 2.24) is 0 Å². The van der Waals surface area contributed by atoms with Gasteiger partial charge in [-0.15, -0.1) is 0 Å². The van der Waals surface area contributed by atoms with Crippen molar-refractivity contribution < 1.29 is 19.4 Å². The summed E-state index contributed by atoms with van der Waals surface area (Å²) in [6, 6.07) is 7.18. The lowest BCUT2D eigenvalue weighted by atomic mass is 9.93. The molecule has 0 aliphatic carbocycles. The van der Waals surface area contributed by atoms with Crippen LogP contribution in [0.2, 0.25) is 0 Å². The Bertz CT molecular complexity index is 411. The second-order valence-electron chi connectivity index (χ2n) is 3.53. The number of fused-ring (bicyclic) bond motifs is 1. The third-order valence-corrected chi connectivity index (χ3v) is 2.40. The molecule has 0 saturated heterocycles. The van der Waals surface area contributed by atoms with Crippen molar-refractivity contribution in [3.8, 4) is 5.75 Å².